The van der Waals surface area contributed by atoms with Gasteiger partial charge in [-0.25, -0.2) is 9.78 Å². The minimum absolute atomic E-state index is 0.563. The molecule has 1 aromatic carbocycles. The standard InChI is InChI=1S/C20H24N4O2/c1-20(2,26-19(21)25)10-7-14-3-5-15(6-4-14)13-24-18-16-8-11-22-17(16)9-12-23-18/h3-6,8-9,11-12,22H,7,10,13H2,1-2H3,(H2,21,25)(H,23,24). The van der Waals surface area contributed by atoms with Gasteiger partial charge in [-0.15, -0.1) is 0 Å². The molecule has 0 atom stereocenters. The number of H-pyrrole nitrogens is 1. The van der Waals surface area contributed by atoms with Crippen LogP contribution in [0, 0.1) is 0 Å². The molecule has 2 heterocycles. The largest absolute Gasteiger partial charge is 0.444 e. The van der Waals surface area contributed by atoms with E-state index in [9.17, 15) is 4.79 Å². The number of aryl methyl sites for hydroxylation is 1. The van der Waals surface area contributed by atoms with Crippen LogP contribution < -0.4 is 11.1 Å². The molecule has 0 saturated carbocycles. The van der Waals surface area contributed by atoms with Crippen LogP contribution in [0.15, 0.2) is 48.8 Å². The number of anilines is 1. The Morgan fingerprint density at radius 1 is 1.19 bits per heavy atom. The predicted octanol–water partition coefficient (Wildman–Crippen LogP) is 3.98. The van der Waals surface area contributed by atoms with Gasteiger partial charge in [0.05, 0.1) is 5.52 Å². The molecule has 4 N–H and O–H groups in total. The Labute approximate surface area is 152 Å². The molecule has 0 saturated heterocycles. The average Bonchev–Trinajstić information content (AvgIpc) is 3.07. The minimum atomic E-state index is -0.734. The van der Waals surface area contributed by atoms with Crippen molar-refractivity contribution >= 4 is 22.8 Å². The van der Waals surface area contributed by atoms with Crippen molar-refractivity contribution in [3.05, 3.63) is 59.9 Å². The first kappa shape index (κ1) is 17.8. The number of primary amides is 1. The number of pyridine rings is 1. The lowest BCUT2D eigenvalue weighted by Crippen LogP contribution is -2.31. The highest BCUT2D eigenvalue weighted by molar-refractivity contribution is 5.89. The summed E-state index contributed by atoms with van der Waals surface area (Å²) in [4.78, 5) is 18.5. The predicted molar refractivity (Wildman–Crippen MR) is 103 cm³/mol. The van der Waals surface area contributed by atoms with E-state index >= 15 is 0 Å². The van der Waals surface area contributed by atoms with E-state index in [1.165, 1.54) is 11.1 Å². The molecule has 0 spiro atoms. The number of nitrogens with one attached hydrogen (secondary N) is 2. The van der Waals surface area contributed by atoms with E-state index in [-0.39, 0.29) is 0 Å². The summed E-state index contributed by atoms with van der Waals surface area (Å²) in [6, 6.07) is 12.4. The summed E-state index contributed by atoms with van der Waals surface area (Å²) < 4.78 is 5.12. The molecule has 0 aliphatic heterocycles. The number of aromatic amines is 1. The number of hydrogen-bond donors (Lipinski definition) is 3. The van der Waals surface area contributed by atoms with Gasteiger partial charge in [-0.3, -0.25) is 0 Å². The molecular formula is C20H24N4O2. The number of aromatic nitrogens is 2. The van der Waals surface area contributed by atoms with Crippen molar-refractivity contribution in [1.82, 2.24) is 9.97 Å². The zero-order chi connectivity index (χ0) is 18.6. The summed E-state index contributed by atoms with van der Waals surface area (Å²) in [5.41, 5.74) is 7.98. The van der Waals surface area contributed by atoms with Gasteiger partial charge in [-0.1, -0.05) is 24.3 Å². The Morgan fingerprint density at radius 2 is 1.92 bits per heavy atom. The smallest absolute Gasteiger partial charge is 0.405 e. The maximum absolute atomic E-state index is 10.9. The van der Waals surface area contributed by atoms with Gasteiger partial charge in [0.15, 0.2) is 0 Å². The fraction of sp³-hybridized carbons (Fsp3) is 0.300. The minimum Gasteiger partial charge on any atom is -0.444 e. The second kappa shape index (κ2) is 7.47. The van der Waals surface area contributed by atoms with E-state index < -0.39 is 11.7 Å². The molecule has 0 aliphatic rings. The fourth-order valence-electron chi connectivity index (χ4n) is 2.90. The number of ether oxygens (including phenoxy) is 1. The van der Waals surface area contributed by atoms with Crippen LogP contribution in [0.25, 0.3) is 10.9 Å². The lowest BCUT2D eigenvalue weighted by Gasteiger charge is -2.23. The van der Waals surface area contributed by atoms with Gasteiger partial charge >= 0.3 is 6.09 Å². The third-order valence-electron chi connectivity index (χ3n) is 4.35. The first-order valence-electron chi connectivity index (χ1n) is 8.65. The number of amides is 1. The first-order valence-corrected chi connectivity index (χ1v) is 8.65. The average molecular weight is 352 g/mol. The Morgan fingerprint density at radius 3 is 2.65 bits per heavy atom. The first-order chi connectivity index (χ1) is 12.4. The summed E-state index contributed by atoms with van der Waals surface area (Å²) in [5, 5.41) is 4.47. The van der Waals surface area contributed by atoms with Crippen LogP contribution in [0.4, 0.5) is 10.6 Å². The van der Waals surface area contributed by atoms with Gasteiger partial charge in [0, 0.05) is 24.3 Å². The molecule has 3 aromatic rings. The van der Waals surface area contributed by atoms with Gasteiger partial charge in [-0.05, 0) is 49.9 Å². The van der Waals surface area contributed by atoms with E-state index in [2.05, 4.69) is 39.6 Å². The number of rotatable bonds is 7. The maximum atomic E-state index is 10.9. The van der Waals surface area contributed by atoms with E-state index in [4.69, 9.17) is 10.5 Å². The van der Waals surface area contributed by atoms with E-state index in [0.717, 1.165) is 23.1 Å². The van der Waals surface area contributed by atoms with Crippen molar-refractivity contribution < 1.29 is 9.53 Å². The monoisotopic (exact) mass is 352 g/mol. The fourth-order valence-corrected chi connectivity index (χ4v) is 2.90. The summed E-state index contributed by atoms with van der Waals surface area (Å²) in [6.45, 7) is 4.43. The van der Waals surface area contributed by atoms with Crippen molar-refractivity contribution in [2.75, 3.05) is 5.32 Å². The molecule has 3 rings (SSSR count). The normalized spacial score (nSPS) is 11.5. The van der Waals surface area contributed by atoms with Crippen molar-refractivity contribution in [2.45, 2.75) is 38.8 Å². The van der Waals surface area contributed by atoms with Crippen LogP contribution in [0.3, 0.4) is 0 Å². The van der Waals surface area contributed by atoms with Crippen LogP contribution in [0.1, 0.15) is 31.4 Å². The Bertz CT molecular complexity index is 884. The quantitative estimate of drug-likeness (QED) is 0.599. The molecule has 0 unspecified atom stereocenters. The van der Waals surface area contributed by atoms with Crippen molar-refractivity contribution in [1.29, 1.82) is 0 Å². The molecule has 0 fully saturated rings. The molecule has 6 nitrogen and oxygen atoms in total. The second-order valence-corrected chi connectivity index (χ2v) is 6.95. The van der Waals surface area contributed by atoms with Crippen LogP contribution >= 0.6 is 0 Å². The number of nitrogens with zero attached hydrogens (tertiary/aromatic N) is 1. The van der Waals surface area contributed by atoms with Crippen LogP contribution in [0.5, 0.6) is 0 Å². The Balaban J connectivity index is 1.56. The Hall–Kier alpha value is -3.02. The highest BCUT2D eigenvalue weighted by atomic mass is 16.6. The van der Waals surface area contributed by atoms with E-state index in [0.29, 0.717) is 13.0 Å². The number of carbonyl (C=O) groups excluding carboxylic acids is 1. The lowest BCUT2D eigenvalue weighted by molar-refractivity contribution is 0.0394. The SMILES string of the molecule is CC(C)(CCc1ccc(CNc2nccc3[nH]ccc23)cc1)OC(N)=O. The van der Waals surface area contributed by atoms with Gasteiger partial charge in [0.1, 0.15) is 11.4 Å². The number of benzene rings is 1. The van der Waals surface area contributed by atoms with Crippen molar-refractivity contribution in [3.8, 4) is 0 Å². The topological polar surface area (TPSA) is 93.0 Å². The molecule has 2 aromatic heterocycles. The maximum Gasteiger partial charge on any atom is 0.405 e. The number of fused-ring (bicyclic) bond motifs is 1. The molecule has 1 amide bonds. The molecule has 136 valence electrons. The zero-order valence-corrected chi connectivity index (χ0v) is 15.1. The highest BCUT2D eigenvalue weighted by Gasteiger charge is 2.21. The zero-order valence-electron chi connectivity index (χ0n) is 15.1. The summed E-state index contributed by atoms with van der Waals surface area (Å²) >= 11 is 0. The summed E-state index contributed by atoms with van der Waals surface area (Å²) in [6.07, 6.45) is 4.50. The Kier molecular flexibility index (Phi) is 5.11. The second-order valence-electron chi connectivity index (χ2n) is 6.95. The summed E-state index contributed by atoms with van der Waals surface area (Å²) in [5.74, 6) is 0.873. The highest BCUT2D eigenvalue weighted by Crippen LogP contribution is 2.21. The van der Waals surface area contributed by atoms with Crippen LogP contribution in [0.2, 0.25) is 0 Å². The van der Waals surface area contributed by atoms with Gasteiger partial charge in [0.25, 0.3) is 0 Å². The van der Waals surface area contributed by atoms with Gasteiger partial charge in [-0.2, -0.15) is 0 Å². The molecule has 6 heteroatoms. The molecule has 0 aliphatic carbocycles. The van der Waals surface area contributed by atoms with Gasteiger partial charge < -0.3 is 20.8 Å². The molecule has 0 radical (unpaired) electrons. The third kappa shape index (κ3) is 4.53. The molecule has 26 heavy (non-hydrogen) atoms. The van der Waals surface area contributed by atoms with Gasteiger partial charge in [0.2, 0.25) is 0 Å². The van der Waals surface area contributed by atoms with Crippen molar-refractivity contribution in [3.63, 3.8) is 0 Å². The lowest BCUT2D eigenvalue weighted by atomic mass is 9.98. The van der Waals surface area contributed by atoms with E-state index in [1.54, 1.807) is 6.20 Å². The number of nitrogens with two attached hydrogens (primary N) is 1. The summed E-state index contributed by atoms with van der Waals surface area (Å²) in [7, 11) is 0. The van der Waals surface area contributed by atoms with Crippen molar-refractivity contribution in [2.24, 2.45) is 5.73 Å². The number of carbonyl (C=O) groups is 1. The molecule has 0 bridgehead atoms. The third-order valence-corrected chi connectivity index (χ3v) is 4.35. The molecular weight excluding hydrogens is 328 g/mol. The van der Waals surface area contributed by atoms with Crippen LogP contribution in [-0.2, 0) is 17.7 Å². The van der Waals surface area contributed by atoms with Crippen LogP contribution in [-0.4, -0.2) is 21.7 Å². The number of hydrogen-bond acceptors (Lipinski definition) is 4. The van der Waals surface area contributed by atoms with E-state index in [1.807, 2.05) is 32.2 Å².